The number of nitrogens with one attached hydrogen (secondary N) is 1. The molecule has 1 saturated heterocycles. The van der Waals surface area contributed by atoms with Crippen LogP contribution >= 0.6 is 0 Å². The predicted molar refractivity (Wildman–Crippen MR) is 93.1 cm³/mol. The minimum absolute atomic E-state index is 0.143. The summed E-state index contributed by atoms with van der Waals surface area (Å²) in [5.41, 5.74) is 1.08. The van der Waals surface area contributed by atoms with Gasteiger partial charge in [-0.25, -0.2) is 4.98 Å². The van der Waals surface area contributed by atoms with E-state index < -0.39 is 0 Å². The van der Waals surface area contributed by atoms with Gasteiger partial charge in [0.25, 0.3) is 0 Å². The van der Waals surface area contributed by atoms with E-state index in [-0.39, 0.29) is 5.91 Å². The van der Waals surface area contributed by atoms with E-state index in [1.165, 1.54) is 32.1 Å². The normalized spacial score (nSPS) is 17.0. The molecule has 0 saturated carbocycles. The van der Waals surface area contributed by atoms with Crippen LogP contribution in [0.2, 0.25) is 0 Å². The van der Waals surface area contributed by atoms with Gasteiger partial charge in [0, 0.05) is 25.7 Å². The molecule has 1 aliphatic heterocycles. The maximum absolute atomic E-state index is 12.1. The van der Waals surface area contributed by atoms with Gasteiger partial charge in [-0.3, -0.25) is 4.79 Å². The summed E-state index contributed by atoms with van der Waals surface area (Å²) in [7, 11) is 0. The Morgan fingerprint density at radius 2 is 1.91 bits per heavy atom. The first-order chi connectivity index (χ1) is 11.1. The van der Waals surface area contributed by atoms with Crippen LogP contribution in [0.3, 0.4) is 0 Å². The van der Waals surface area contributed by atoms with Crippen molar-refractivity contribution in [3.63, 3.8) is 0 Å². The SMILES string of the molecule is CC(C)Cn1cncc1CNC(=O)CCN1CCCCCCC1. The third-order valence-electron chi connectivity index (χ3n) is 4.43. The largest absolute Gasteiger partial charge is 0.350 e. The van der Waals surface area contributed by atoms with Crippen LogP contribution < -0.4 is 5.32 Å². The maximum atomic E-state index is 12.1. The average molecular weight is 320 g/mol. The second-order valence-electron chi connectivity index (χ2n) is 7.07. The molecule has 1 fully saturated rings. The van der Waals surface area contributed by atoms with E-state index in [1.54, 1.807) is 0 Å². The topological polar surface area (TPSA) is 50.2 Å². The van der Waals surface area contributed by atoms with E-state index in [0.29, 0.717) is 18.9 Å². The summed E-state index contributed by atoms with van der Waals surface area (Å²) < 4.78 is 2.13. The number of amides is 1. The first kappa shape index (κ1) is 18.0. The quantitative estimate of drug-likeness (QED) is 0.840. The Balaban J connectivity index is 1.69. The molecule has 5 heteroatoms. The molecule has 0 atom stereocenters. The third kappa shape index (κ3) is 6.73. The number of aromatic nitrogens is 2. The minimum atomic E-state index is 0.143. The molecule has 1 aromatic rings. The fraction of sp³-hybridized carbons (Fsp3) is 0.778. The highest BCUT2D eigenvalue weighted by molar-refractivity contribution is 5.75. The van der Waals surface area contributed by atoms with E-state index in [1.807, 2.05) is 12.5 Å². The smallest absolute Gasteiger partial charge is 0.221 e. The first-order valence-electron chi connectivity index (χ1n) is 9.13. The minimum Gasteiger partial charge on any atom is -0.350 e. The molecule has 2 heterocycles. The number of rotatable bonds is 7. The molecule has 2 rings (SSSR count). The molecule has 0 unspecified atom stereocenters. The highest BCUT2D eigenvalue weighted by atomic mass is 16.1. The standard InChI is InChI=1S/C18H32N4O/c1-16(2)14-22-15-19-12-17(22)13-20-18(23)8-11-21-9-6-4-3-5-7-10-21/h12,15-16H,3-11,13-14H2,1-2H3,(H,20,23). The predicted octanol–water partition coefficient (Wildman–Crippen LogP) is 2.81. The molecule has 130 valence electrons. The Kier molecular flexibility index (Phi) is 7.59. The van der Waals surface area contributed by atoms with Gasteiger partial charge in [-0.2, -0.15) is 0 Å². The van der Waals surface area contributed by atoms with Crippen molar-refractivity contribution in [1.29, 1.82) is 0 Å². The molecule has 1 amide bonds. The van der Waals surface area contributed by atoms with Crippen LogP contribution in [0.1, 0.15) is 58.1 Å². The van der Waals surface area contributed by atoms with Gasteiger partial charge in [0.15, 0.2) is 0 Å². The van der Waals surface area contributed by atoms with E-state index in [9.17, 15) is 4.79 Å². The lowest BCUT2D eigenvalue weighted by atomic mass is 10.1. The third-order valence-corrected chi connectivity index (χ3v) is 4.43. The van der Waals surface area contributed by atoms with Crippen LogP contribution in [0.4, 0.5) is 0 Å². The van der Waals surface area contributed by atoms with Gasteiger partial charge in [-0.15, -0.1) is 0 Å². The Morgan fingerprint density at radius 1 is 1.22 bits per heavy atom. The Morgan fingerprint density at radius 3 is 2.61 bits per heavy atom. The van der Waals surface area contributed by atoms with Gasteiger partial charge in [-0.1, -0.05) is 33.1 Å². The summed E-state index contributed by atoms with van der Waals surface area (Å²) in [6.07, 6.45) is 10.9. The van der Waals surface area contributed by atoms with E-state index in [0.717, 1.165) is 31.9 Å². The molecule has 0 radical (unpaired) electrons. The van der Waals surface area contributed by atoms with Gasteiger partial charge < -0.3 is 14.8 Å². The zero-order valence-electron chi connectivity index (χ0n) is 14.8. The molecule has 5 nitrogen and oxygen atoms in total. The lowest BCUT2D eigenvalue weighted by Crippen LogP contribution is -2.33. The van der Waals surface area contributed by atoms with Gasteiger partial charge in [0.1, 0.15) is 0 Å². The van der Waals surface area contributed by atoms with Crippen molar-refractivity contribution in [2.75, 3.05) is 19.6 Å². The highest BCUT2D eigenvalue weighted by Gasteiger charge is 2.11. The van der Waals surface area contributed by atoms with E-state index in [2.05, 4.69) is 33.6 Å². The Hall–Kier alpha value is -1.36. The number of carbonyl (C=O) groups is 1. The number of nitrogens with zero attached hydrogens (tertiary/aromatic N) is 3. The lowest BCUT2D eigenvalue weighted by molar-refractivity contribution is -0.121. The summed E-state index contributed by atoms with van der Waals surface area (Å²) in [4.78, 5) is 18.7. The molecule has 0 aliphatic carbocycles. The molecule has 1 N–H and O–H groups in total. The summed E-state index contributed by atoms with van der Waals surface area (Å²) in [5, 5.41) is 3.04. The van der Waals surface area contributed by atoms with Crippen molar-refractivity contribution in [1.82, 2.24) is 19.8 Å². The van der Waals surface area contributed by atoms with Crippen molar-refractivity contribution in [2.24, 2.45) is 5.92 Å². The van der Waals surface area contributed by atoms with Crippen molar-refractivity contribution in [2.45, 2.75) is 65.5 Å². The molecule has 0 bridgehead atoms. The zero-order valence-corrected chi connectivity index (χ0v) is 14.8. The highest BCUT2D eigenvalue weighted by Crippen LogP contribution is 2.10. The molecule has 0 spiro atoms. The van der Waals surface area contributed by atoms with Crippen LogP contribution in [0.15, 0.2) is 12.5 Å². The van der Waals surface area contributed by atoms with Gasteiger partial charge in [-0.05, 0) is 31.8 Å². The molecule has 0 aromatic carbocycles. The Bertz CT molecular complexity index is 461. The van der Waals surface area contributed by atoms with Crippen molar-refractivity contribution in [3.8, 4) is 0 Å². The molecule has 23 heavy (non-hydrogen) atoms. The average Bonchev–Trinajstić information content (AvgIpc) is 2.90. The maximum Gasteiger partial charge on any atom is 0.221 e. The number of hydrogen-bond donors (Lipinski definition) is 1. The summed E-state index contributed by atoms with van der Waals surface area (Å²) >= 11 is 0. The molecular formula is C18H32N4O. The van der Waals surface area contributed by atoms with Crippen molar-refractivity contribution < 1.29 is 4.79 Å². The van der Waals surface area contributed by atoms with Crippen LogP contribution in [0.5, 0.6) is 0 Å². The van der Waals surface area contributed by atoms with E-state index >= 15 is 0 Å². The summed E-state index contributed by atoms with van der Waals surface area (Å²) in [5.74, 6) is 0.718. The van der Waals surface area contributed by atoms with Crippen LogP contribution in [0, 0.1) is 5.92 Å². The van der Waals surface area contributed by atoms with Crippen LogP contribution in [0.25, 0.3) is 0 Å². The molecular weight excluding hydrogens is 288 g/mol. The number of hydrogen-bond acceptors (Lipinski definition) is 3. The van der Waals surface area contributed by atoms with Gasteiger partial charge in [0.05, 0.1) is 18.6 Å². The molecule has 1 aliphatic rings. The van der Waals surface area contributed by atoms with Gasteiger partial charge >= 0.3 is 0 Å². The second-order valence-corrected chi connectivity index (χ2v) is 7.07. The summed E-state index contributed by atoms with van der Waals surface area (Å²) in [6.45, 7) is 9.07. The number of carbonyl (C=O) groups excluding carboxylic acids is 1. The van der Waals surface area contributed by atoms with Crippen molar-refractivity contribution in [3.05, 3.63) is 18.2 Å². The lowest BCUT2D eigenvalue weighted by Gasteiger charge is -2.24. The van der Waals surface area contributed by atoms with Crippen LogP contribution in [-0.4, -0.2) is 40.0 Å². The fourth-order valence-corrected chi connectivity index (χ4v) is 3.13. The summed E-state index contributed by atoms with van der Waals surface area (Å²) in [6, 6.07) is 0. The fourth-order valence-electron chi connectivity index (χ4n) is 3.13. The van der Waals surface area contributed by atoms with Crippen molar-refractivity contribution >= 4 is 5.91 Å². The number of likely N-dealkylation sites (tertiary alicyclic amines) is 1. The van der Waals surface area contributed by atoms with E-state index in [4.69, 9.17) is 0 Å². The zero-order chi connectivity index (χ0) is 16.5. The van der Waals surface area contributed by atoms with Crippen LogP contribution in [-0.2, 0) is 17.9 Å². The second kappa shape index (κ2) is 9.71. The Labute approximate surface area is 140 Å². The molecule has 1 aromatic heterocycles. The number of imidazole rings is 1. The first-order valence-corrected chi connectivity index (χ1v) is 9.13. The van der Waals surface area contributed by atoms with Gasteiger partial charge in [0.2, 0.25) is 5.91 Å². The monoisotopic (exact) mass is 320 g/mol.